The Morgan fingerprint density at radius 2 is 0.889 bits per heavy atom. The normalized spacial score (nSPS) is 13.0. The third-order valence-electron chi connectivity index (χ3n) is 2.80. The molecule has 0 saturated carbocycles. The van der Waals surface area contributed by atoms with Gasteiger partial charge in [0.25, 0.3) is 0 Å². The smallest absolute Gasteiger partial charge is 0.0442 e. The van der Waals surface area contributed by atoms with Crippen molar-refractivity contribution >= 4 is 39.7 Å². The average molecular weight is 323 g/mol. The second-order valence-electron chi connectivity index (χ2n) is 7.55. The fourth-order valence-corrected chi connectivity index (χ4v) is 6.77. The molecule has 0 N–H and O–H groups in total. The number of hydrogen-bond acceptors (Lipinski definition) is 2. The molecule has 0 atom stereocenters. The molecule has 0 nitrogen and oxygen atoms in total. The number of hydrogen-bond donors (Lipinski definition) is 0. The zero-order valence-corrected chi connectivity index (χ0v) is 17.1. The first-order chi connectivity index (χ1) is 8.21. The van der Waals surface area contributed by atoms with Crippen LogP contribution in [0, 0.1) is 0 Å². The lowest BCUT2D eigenvalue weighted by Gasteiger charge is -2.15. The van der Waals surface area contributed by atoms with Gasteiger partial charge in [-0.1, -0.05) is 51.4 Å². The molecule has 0 heterocycles. The Morgan fingerprint density at radius 3 is 1.17 bits per heavy atom. The van der Waals surface area contributed by atoms with E-state index in [1.54, 1.807) is 0 Å². The minimum Gasteiger partial charge on any atom is -0.161 e. The van der Waals surface area contributed by atoms with E-state index in [1.165, 1.54) is 47.9 Å². The van der Waals surface area contributed by atoms with Gasteiger partial charge in [0.15, 0.2) is 0 Å². The van der Waals surface area contributed by atoms with Crippen LogP contribution in [-0.4, -0.2) is 39.2 Å². The van der Waals surface area contributed by atoms with Crippen molar-refractivity contribution in [3.63, 3.8) is 0 Å². The Balaban J connectivity index is 3.13. The fraction of sp³-hybridized carbons (Fsp3) is 1.00. The summed E-state index contributed by atoms with van der Waals surface area (Å²) < 4.78 is 0. The van der Waals surface area contributed by atoms with Crippen molar-refractivity contribution in [3.05, 3.63) is 0 Å². The van der Waals surface area contributed by atoms with E-state index in [0.717, 1.165) is 0 Å². The molecule has 0 unspecified atom stereocenters. The first kappa shape index (κ1) is 19.1. The van der Waals surface area contributed by atoms with Crippen LogP contribution in [0.4, 0.5) is 0 Å². The van der Waals surface area contributed by atoms with E-state index in [2.05, 4.69) is 62.8 Å². The monoisotopic (exact) mass is 322 g/mol. The minimum absolute atomic E-state index is 0.776. The SMILES string of the molecule is C[Si](C)(C)CCCSCCSCCC[Si](C)(C)C. The first-order valence-corrected chi connectivity index (χ1v) is 17.1. The van der Waals surface area contributed by atoms with Crippen LogP contribution in [0.3, 0.4) is 0 Å². The van der Waals surface area contributed by atoms with Gasteiger partial charge >= 0.3 is 0 Å². The molecule has 4 heteroatoms. The van der Waals surface area contributed by atoms with E-state index < -0.39 is 16.1 Å². The van der Waals surface area contributed by atoms with Gasteiger partial charge in [-0.25, -0.2) is 0 Å². The summed E-state index contributed by atoms with van der Waals surface area (Å²) in [6.45, 7) is 14.9. The average Bonchev–Trinajstić information content (AvgIpc) is 2.17. The molecule has 0 radical (unpaired) electrons. The molecule has 18 heavy (non-hydrogen) atoms. The Bertz CT molecular complexity index is 173. The Morgan fingerprint density at radius 1 is 0.556 bits per heavy atom. The zero-order chi connectivity index (χ0) is 14.1. The molecular weight excluding hydrogens is 288 g/mol. The molecule has 0 aromatic carbocycles. The highest BCUT2D eigenvalue weighted by Crippen LogP contribution is 2.17. The molecule has 0 aliphatic rings. The first-order valence-electron chi connectivity index (χ1n) is 7.36. The molecule has 0 aliphatic heterocycles. The minimum atomic E-state index is -0.776. The topological polar surface area (TPSA) is 0 Å². The van der Waals surface area contributed by atoms with Gasteiger partial charge in [-0.2, -0.15) is 23.5 Å². The highest BCUT2D eigenvalue weighted by molar-refractivity contribution is 8.02. The van der Waals surface area contributed by atoms with Gasteiger partial charge in [-0.3, -0.25) is 0 Å². The van der Waals surface area contributed by atoms with Crippen molar-refractivity contribution in [2.75, 3.05) is 23.0 Å². The maximum absolute atomic E-state index is 2.48. The zero-order valence-electron chi connectivity index (χ0n) is 13.5. The summed E-state index contributed by atoms with van der Waals surface area (Å²) in [6.07, 6.45) is 2.89. The highest BCUT2D eigenvalue weighted by atomic mass is 32.2. The molecule has 0 saturated heterocycles. The molecular formula is C14H34S2Si2. The summed E-state index contributed by atoms with van der Waals surface area (Å²) in [7, 11) is -1.55. The van der Waals surface area contributed by atoms with Crippen molar-refractivity contribution in [1.29, 1.82) is 0 Å². The quantitative estimate of drug-likeness (QED) is 0.342. The van der Waals surface area contributed by atoms with Crippen molar-refractivity contribution in [2.45, 2.75) is 64.2 Å². The van der Waals surface area contributed by atoms with Crippen molar-refractivity contribution < 1.29 is 0 Å². The number of rotatable bonds is 11. The second-order valence-corrected chi connectivity index (χ2v) is 21.2. The van der Waals surface area contributed by atoms with Gasteiger partial charge < -0.3 is 0 Å². The van der Waals surface area contributed by atoms with Gasteiger partial charge in [-0.05, 0) is 24.3 Å². The van der Waals surface area contributed by atoms with E-state index in [0.29, 0.717) is 0 Å². The molecule has 0 aromatic heterocycles. The summed E-state index contributed by atoms with van der Waals surface area (Å²) in [5, 5.41) is 0. The Kier molecular flexibility index (Phi) is 10.6. The van der Waals surface area contributed by atoms with Crippen molar-refractivity contribution in [3.8, 4) is 0 Å². The van der Waals surface area contributed by atoms with Crippen LogP contribution < -0.4 is 0 Å². The molecule has 0 bridgehead atoms. The standard InChI is InChI=1S/C14H34S2Si2/c1-17(2,3)13-7-9-15-11-12-16-10-8-14-18(4,5)6/h7-14H2,1-6H3. The van der Waals surface area contributed by atoms with Crippen LogP contribution in [0.1, 0.15) is 12.8 Å². The predicted octanol–water partition coefficient (Wildman–Crippen LogP) is 5.91. The van der Waals surface area contributed by atoms with Gasteiger partial charge in [0.2, 0.25) is 0 Å². The largest absolute Gasteiger partial charge is 0.161 e. The molecule has 0 spiro atoms. The predicted molar refractivity (Wildman–Crippen MR) is 100 cm³/mol. The van der Waals surface area contributed by atoms with Crippen LogP contribution in [-0.2, 0) is 0 Å². The molecule has 0 fully saturated rings. The van der Waals surface area contributed by atoms with Gasteiger partial charge in [0.05, 0.1) is 0 Å². The highest BCUT2D eigenvalue weighted by Gasteiger charge is 2.12. The lowest BCUT2D eigenvalue weighted by molar-refractivity contribution is 1.06. The molecule has 110 valence electrons. The molecule has 0 rings (SSSR count). The third kappa shape index (κ3) is 17.1. The van der Waals surface area contributed by atoms with Crippen LogP contribution in [0.15, 0.2) is 0 Å². The van der Waals surface area contributed by atoms with Crippen LogP contribution in [0.2, 0.25) is 51.4 Å². The van der Waals surface area contributed by atoms with Crippen molar-refractivity contribution in [2.24, 2.45) is 0 Å². The Hall–Kier alpha value is 1.13. The summed E-state index contributed by atoms with van der Waals surface area (Å²) in [6, 6.07) is 3.01. The van der Waals surface area contributed by atoms with E-state index >= 15 is 0 Å². The van der Waals surface area contributed by atoms with Gasteiger partial charge in [0.1, 0.15) is 0 Å². The maximum Gasteiger partial charge on any atom is 0.0442 e. The Labute approximate surface area is 126 Å². The summed E-state index contributed by atoms with van der Waals surface area (Å²) in [4.78, 5) is 0. The third-order valence-corrected chi connectivity index (χ3v) is 8.91. The maximum atomic E-state index is 2.48. The summed E-state index contributed by atoms with van der Waals surface area (Å²) >= 11 is 4.34. The summed E-state index contributed by atoms with van der Waals surface area (Å²) in [5.41, 5.74) is 0. The van der Waals surface area contributed by atoms with Gasteiger partial charge in [-0.15, -0.1) is 0 Å². The molecule has 0 aliphatic carbocycles. The lowest BCUT2D eigenvalue weighted by Crippen LogP contribution is -2.19. The lowest BCUT2D eigenvalue weighted by atomic mass is 10.6. The summed E-state index contributed by atoms with van der Waals surface area (Å²) in [5.74, 6) is 5.51. The fourth-order valence-electron chi connectivity index (χ4n) is 1.73. The molecule has 0 amide bonds. The van der Waals surface area contributed by atoms with Gasteiger partial charge in [0, 0.05) is 27.7 Å². The van der Waals surface area contributed by atoms with Crippen LogP contribution in [0.25, 0.3) is 0 Å². The second kappa shape index (κ2) is 9.95. The van der Waals surface area contributed by atoms with E-state index in [9.17, 15) is 0 Å². The van der Waals surface area contributed by atoms with E-state index in [4.69, 9.17) is 0 Å². The van der Waals surface area contributed by atoms with E-state index in [-0.39, 0.29) is 0 Å². The number of thioether (sulfide) groups is 2. The van der Waals surface area contributed by atoms with E-state index in [1.807, 2.05) is 0 Å². The van der Waals surface area contributed by atoms with Crippen LogP contribution in [0.5, 0.6) is 0 Å². The molecule has 0 aromatic rings. The van der Waals surface area contributed by atoms with Crippen molar-refractivity contribution in [1.82, 2.24) is 0 Å². The van der Waals surface area contributed by atoms with Crippen LogP contribution >= 0.6 is 23.5 Å².